The van der Waals surface area contributed by atoms with Crippen LogP contribution >= 0.6 is 0 Å². The molecule has 9 heteroatoms. The van der Waals surface area contributed by atoms with Crippen LogP contribution in [0.3, 0.4) is 0 Å². The Morgan fingerprint density at radius 3 is 2.65 bits per heavy atom. The van der Waals surface area contributed by atoms with Crippen LogP contribution in [-0.4, -0.2) is 54.1 Å². The summed E-state index contributed by atoms with van der Waals surface area (Å²) in [7, 11) is 0. The van der Waals surface area contributed by atoms with Crippen LogP contribution in [0.25, 0.3) is 0 Å². The van der Waals surface area contributed by atoms with Crippen LogP contribution in [0, 0.1) is 0 Å². The minimum Gasteiger partial charge on any atom is -0.490 e. The lowest BCUT2D eigenvalue weighted by Crippen LogP contribution is -2.50. The van der Waals surface area contributed by atoms with Crippen molar-refractivity contribution in [2.75, 3.05) is 26.3 Å². The summed E-state index contributed by atoms with van der Waals surface area (Å²) in [6.07, 6.45) is 2.69. The molecule has 0 spiro atoms. The number of rotatable bonds is 5. The van der Waals surface area contributed by atoms with Gasteiger partial charge in [-0.1, -0.05) is 36.4 Å². The molecule has 34 heavy (non-hydrogen) atoms. The maximum atomic E-state index is 13.0. The highest BCUT2D eigenvalue weighted by molar-refractivity contribution is 6.08. The van der Waals surface area contributed by atoms with Crippen LogP contribution in [0.15, 0.2) is 48.5 Å². The molecule has 3 heterocycles. The molecule has 0 bridgehead atoms. The molecule has 0 aromatic heterocycles. The van der Waals surface area contributed by atoms with Crippen molar-refractivity contribution in [3.05, 3.63) is 59.7 Å². The van der Waals surface area contributed by atoms with Crippen LogP contribution in [-0.2, 0) is 15.1 Å². The predicted molar refractivity (Wildman–Crippen MR) is 123 cm³/mol. The number of benzene rings is 2. The van der Waals surface area contributed by atoms with Crippen molar-refractivity contribution in [2.24, 2.45) is 0 Å². The summed E-state index contributed by atoms with van der Waals surface area (Å²) in [5.74, 6) is 0.536. The highest BCUT2D eigenvalue weighted by Crippen LogP contribution is 2.37. The van der Waals surface area contributed by atoms with Gasteiger partial charge in [0.1, 0.15) is 5.54 Å². The lowest BCUT2D eigenvalue weighted by molar-refractivity contribution is -0.139. The number of hydrazine groups is 1. The van der Waals surface area contributed by atoms with E-state index in [1.807, 2.05) is 24.3 Å². The van der Waals surface area contributed by atoms with Crippen molar-refractivity contribution < 1.29 is 23.9 Å². The first-order valence-electron chi connectivity index (χ1n) is 11.6. The summed E-state index contributed by atoms with van der Waals surface area (Å²) in [5, 5.41) is 3.48. The number of nitrogens with zero attached hydrogens (tertiary/aromatic N) is 2. The molecule has 3 aliphatic rings. The van der Waals surface area contributed by atoms with Gasteiger partial charge in [0, 0.05) is 12.5 Å². The Bertz CT molecular complexity index is 1110. The summed E-state index contributed by atoms with van der Waals surface area (Å²) >= 11 is 0. The highest BCUT2D eigenvalue weighted by atomic mass is 16.5. The van der Waals surface area contributed by atoms with Crippen LogP contribution < -0.4 is 20.2 Å². The molecule has 2 aromatic rings. The number of nitrogens with one attached hydrogen (secondary N) is 2. The summed E-state index contributed by atoms with van der Waals surface area (Å²) < 4.78 is 11.5. The average Bonchev–Trinajstić information content (AvgIpc) is 3.27. The number of likely N-dealkylation sites (tertiary alicyclic amines) is 1. The third-order valence-corrected chi connectivity index (χ3v) is 6.65. The maximum absolute atomic E-state index is 13.0. The largest absolute Gasteiger partial charge is 0.490 e. The van der Waals surface area contributed by atoms with Gasteiger partial charge >= 0.3 is 6.03 Å². The van der Waals surface area contributed by atoms with E-state index < -0.39 is 23.4 Å². The summed E-state index contributed by atoms with van der Waals surface area (Å²) in [6.45, 7) is 3.69. The molecule has 2 saturated heterocycles. The molecular formula is C25H28N4O5. The zero-order valence-corrected chi connectivity index (χ0v) is 19.1. The first-order chi connectivity index (χ1) is 16.5. The molecule has 3 aliphatic heterocycles. The van der Waals surface area contributed by atoms with E-state index in [1.54, 1.807) is 31.2 Å². The van der Waals surface area contributed by atoms with E-state index >= 15 is 0 Å². The SMILES string of the molecule is C[C@]1(c2ccccc2)NC(=O)N(NC(=O)CN2CCC[C@H]2c2ccc3c(c2)OCCCO3)C1=O. The molecule has 0 saturated carbocycles. The molecule has 4 amide bonds. The molecule has 9 nitrogen and oxygen atoms in total. The van der Waals surface area contributed by atoms with E-state index in [-0.39, 0.29) is 12.6 Å². The lowest BCUT2D eigenvalue weighted by Gasteiger charge is -2.26. The zero-order chi connectivity index (χ0) is 23.7. The minimum atomic E-state index is -1.23. The van der Waals surface area contributed by atoms with Gasteiger partial charge in [0.25, 0.3) is 11.8 Å². The van der Waals surface area contributed by atoms with Crippen molar-refractivity contribution in [3.8, 4) is 11.5 Å². The van der Waals surface area contributed by atoms with Gasteiger partial charge in [-0.15, -0.1) is 0 Å². The van der Waals surface area contributed by atoms with E-state index in [4.69, 9.17) is 9.47 Å². The highest BCUT2D eigenvalue weighted by Gasteiger charge is 2.50. The smallest absolute Gasteiger partial charge is 0.344 e. The van der Waals surface area contributed by atoms with Crippen LogP contribution in [0.4, 0.5) is 4.79 Å². The maximum Gasteiger partial charge on any atom is 0.344 e. The molecular weight excluding hydrogens is 436 g/mol. The fourth-order valence-corrected chi connectivity index (χ4v) is 4.83. The van der Waals surface area contributed by atoms with Gasteiger partial charge in [-0.3, -0.25) is 19.9 Å². The Labute approximate surface area is 198 Å². The average molecular weight is 465 g/mol. The van der Waals surface area contributed by atoms with E-state index in [9.17, 15) is 14.4 Å². The molecule has 0 radical (unpaired) electrons. The van der Waals surface area contributed by atoms with Crippen LogP contribution in [0.5, 0.6) is 11.5 Å². The van der Waals surface area contributed by atoms with Gasteiger partial charge < -0.3 is 14.8 Å². The zero-order valence-electron chi connectivity index (χ0n) is 19.1. The third kappa shape index (κ3) is 4.07. The molecule has 5 rings (SSSR count). The summed E-state index contributed by atoms with van der Waals surface area (Å²) in [6, 6.07) is 14.3. The monoisotopic (exact) mass is 464 g/mol. The van der Waals surface area contributed by atoms with Crippen molar-refractivity contribution in [1.29, 1.82) is 0 Å². The number of ether oxygens (including phenoxy) is 2. The van der Waals surface area contributed by atoms with E-state index in [0.29, 0.717) is 18.8 Å². The second kappa shape index (κ2) is 8.98. The number of hydrogen-bond donors (Lipinski definition) is 2. The van der Waals surface area contributed by atoms with Crippen LogP contribution in [0.1, 0.15) is 43.4 Å². The van der Waals surface area contributed by atoms with E-state index in [0.717, 1.165) is 47.9 Å². The number of fused-ring (bicyclic) bond motifs is 1. The van der Waals surface area contributed by atoms with Gasteiger partial charge in [0.15, 0.2) is 11.5 Å². The van der Waals surface area contributed by atoms with Crippen molar-refractivity contribution in [1.82, 2.24) is 20.7 Å². The first-order valence-corrected chi connectivity index (χ1v) is 11.6. The minimum absolute atomic E-state index is 0.0422. The van der Waals surface area contributed by atoms with Gasteiger partial charge in [-0.2, -0.15) is 5.01 Å². The number of imide groups is 1. The molecule has 2 N–H and O–H groups in total. The topological polar surface area (TPSA) is 100 Å². The molecule has 2 aromatic carbocycles. The molecule has 0 aliphatic carbocycles. The number of hydrogen-bond acceptors (Lipinski definition) is 6. The summed E-state index contributed by atoms with van der Waals surface area (Å²) in [5.41, 5.74) is 2.99. The van der Waals surface area contributed by atoms with Crippen molar-refractivity contribution in [2.45, 2.75) is 37.8 Å². The standard InChI is InChI=1S/C25H28N4O5/c1-25(18-7-3-2-4-8-18)23(31)29(24(32)26-25)27-22(30)16-28-12-5-9-19(28)17-10-11-20-21(15-17)34-14-6-13-33-20/h2-4,7-8,10-11,15,19H,5-6,9,12-14,16H2,1H3,(H,26,32)(H,27,30)/t19-,25+/m0/s1. The van der Waals surface area contributed by atoms with E-state index in [2.05, 4.69) is 15.6 Å². The second-order valence-electron chi connectivity index (χ2n) is 8.98. The summed E-state index contributed by atoms with van der Waals surface area (Å²) in [4.78, 5) is 40.5. The third-order valence-electron chi connectivity index (χ3n) is 6.65. The van der Waals surface area contributed by atoms with Gasteiger partial charge in [0.05, 0.1) is 19.8 Å². The molecule has 0 unspecified atom stereocenters. The number of carbonyl (C=O) groups is 3. The normalized spacial score (nSPS) is 24.6. The Kier molecular flexibility index (Phi) is 5.87. The fourth-order valence-electron chi connectivity index (χ4n) is 4.83. The Balaban J connectivity index is 1.26. The van der Waals surface area contributed by atoms with Crippen molar-refractivity contribution >= 4 is 17.8 Å². The Morgan fingerprint density at radius 2 is 1.85 bits per heavy atom. The van der Waals surface area contributed by atoms with Crippen molar-refractivity contribution in [3.63, 3.8) is 0 Å². The number of urea groups is 1. The molecule has 2 fully saturated rings. The Morgan fingerprint density at radius 1 is 1.09 bits per heavy atom. The Hall–Kier alpha value is -3.59. The van der Waals surface area contributed by atoms with Gasteiger partial charge in [-0.25, -0.2) is 4.79 Å². The molecule has 178 valence electrons. The van der Waals surface area contributed by atoms with Crippen LogP contribution in [0.2, 0.25) is 0 Å². The quantitative estimate of drug-likeness (QED) is 0.660. The van der Waals surface area contributed by atoms with Gasteiger partial charge in [0.2, 0.25) is 0 Å². The second-order valence-corrected chi connectivity index (χ2v) is 8.98. The fraction of sp³-hybridized carbons (Fsp3) is 0.400. The molecule has 2 atom stereocenters. The predicted octanol–water partition coefficient (Wildman–Crippen LogP) is 2.48. The number of amides is 4. The lowest BCUT2D eigenvalue weighted by atomic mass is 9.92. The van der Waals surface area contributed by atoms with E-state index in [1.165, 1.54) is 0 Å². The number of carbonyl (C=O) groups excluding carboxylic acids is 3. The van der Waals surface area contributed by atoms with Gasteiger partial charge in [-0.05, 0) is 49.6 Å². The first kappa shape index (κ1) is 22.2.